The second-order valence-electron chi connectivity index (χ2n) is 2.59. The first kappa shape index (κ1) is 10.2. The van der Waals surface area contributed by atoms with Crippen LogP contribution in [0.3, 0.4) is 0 Å². The lowest BCUT2D eigenvalue weighted by molar-refractivity contribution is 0.0985. The zero-order chi connectivity index (χ0) is 9.84. The van der Waals surface area contributed by atoms with Gasteiger partial charge in [-0.25, -0.2) is 4.39 Å². The minimum Gasteiger partial charge on any atom is -0.330 e. The fourth-order valence-electron chi connectivity index (χ4n) is 0.981. The molecule has 0 aliphatic carbocycles. The van der Waals surface area contributed by atoms with Crippen molar-refractivity contribution in [3.8, 4) is 0 Å². The summed E-state index contributed by atoms with van der Waals surface area (Å²) >= 11 is 5.66. The second kappa shape index (κ2) is 4.35. The summed E-state index contributed by atoms with van der Waals surface area (Å²) < 4.78 is 12.6. The molecule has 2 nitrogen and oxygen atoms in total. The van der Waals surface area contributed by atoms with Gasteiger partial charge in [-0.1, -0.05) is 11.6 Å². The summed E-state index contributed by atoms with van der Waals surface area (Å²) in [5.74, 6) is -0.609. The number of ketones is 1. The molecule has 0 saturated carbocycles. The SMILES string of the molecule is NCCC(=O)c1ccc(F)cc1Cl. The van der Waals surface area contributed by atoms with Gasteiger partial charge >= 0.3 is 0 Å². The fourth-order valence-corrected chi connectivity index (χ4v) is 1.25. The lowest BCUT2D eigenvalue weighted by Crippen LogP contribution is -2.08. The molecule has 0 aromatic heterocycles. The van der Waals surface area contributed by atoms with E-state index in [0.717, 1.165) is 6.07 Å². The van der Waals surface area contributed by atoms with Crippen molar-refractivity contribution in [2.75, 3.05) is 6.54 Å². The van der Waals surface area contributed by atoms with Gasteiger partial charge in [-0.05, 0) is 24.7 Å². The van der Waals surface area contributed by atoms with E-state index in [1.807, 2.05) is 0 Å². The van der Waals surface area contributed by atoms with Gasteiger partial charge in [0.15, 0.2) is 5.78 Å². The van der Waals surface area contributed by atoms with Crippen molar-refractivity contribution in [2.45, 2.75) is 6.42 Å². The molecule has 70 valence electrons. The smallest absolute Gasteiger partial charge is 0.165 e. The number of carbonyl (C=O) groups is 1. The first-order valence-corrected chi connectivity index (χ1v) is 4.21. The van der Waals surface area contributed by atoms with E-state index >= 15 is 0 Å². The fraction of sp³-hybridized carbons (Fsp3) is 0.222. The summed E-state index contributed by atoms with van der Waals surface area (Å²) in [6, 6.07) is 3.69. The van der Waals surface area contributed by atoms with E-state index < -0.39 is 5.82 Å². The van der Waals surface area contributed by atoms with E-state index in [0.29, 0.717) is 5.56 Å². The summed E-state index contributed by atoms with van der Waals surface area (Å²) in [5, 5.41) is 0.137. The highest BCUT2D eigenvalue weighted by molar-refractivity contribution is 6.33. The molecule has 0 saturated heterocycles. The first-order chi connectivity index (χ1) is 6.15. The van der Waals surface area contributed by atoms with Gasteiger partial charge in [0.2, 0.25) is 0 Å². The van der Waals surface area contributed by atoms with Crippen LogP contribution in [0.2, 0.25) is 5.02 Å². The quantitative estimate of drug-likeness (QED) is 0.761. The lowest BCUT2D eigenvalue weighted by atomic mass is 10.1. The zero-order valence-electron chi connectivity index (χ0n) is 6.89. The number of halogens is 2. The standard InChI is InChI=1S/C9H9ClFNO/c10-8-5-6(11)1-2-7(8)9(13)3-4-12/h1-2,5H,3-4,12H2. The molecule has 0 amide bonds. The Labute approximate surface area is 80.5 Å². The van der Waals surface area contributed by atoms with Crippen molar-refractivity contribution in [1.29, 1.82) is 0 Å². The third-order valence-electron chi connectivity index (χ3n) is 1.60. The summed E-state index contributed by atoms with van der Waals surface area (Å²) in [4.78, 5) is 11.3. The van der Waals surface area contributed by atoms with E-state index in [1.165, 1.54) is 12.1 Å². The van der Waals surface area contributed by atoms with Crippen molar-refractivity contribution < 1.29 is 9.18 Å². The van der Waals surface area contributed by atoms with E-state index in [2.05, 4.69) is 0 Å². The van der Waals surface area contributed by atoms with Gasteiger partial charge in [-0.2, -0.15) is 0 Å². The van der Waals surface area contributed by atoms with Crippen molar-refractivity contribution >= 4 is 17.4 Å². The molecule has 0 heterocycles. The number of hydrogen-bond donors (Lipinski definition) is 1. The monoisotopic (exact) mass is 201 g/mol. The van der Waals surface area contributed by atoms with Crippen LogP contribution in [0.4, 0.5) is 4.39 Å². The Balaban J connectivity index is 2.95. The van der Waals surface area contributed by atoms with Gasteiger partial charge in [0, 0.05) is 12.0 Å². The molecule has 2 N–H and O–H groups in total. The summed E-state index contributed by atoms with van der Waals surface area (Å²) in [6.45, 7) is 0.270. The van der Waals surface area contributed by atoms with Crippen LogP contribution >= 0.6 is 11.6 Å². The van der Waals surface area contributed by atoms with Crippen molar-refractivity contribution in [1.82, 2.24) is 0 Å². The molecule has 0 aliphatic heterocycles. The summed E-state index contributed by atoms with van der Waals surface area (Å²) in [7, 11) is 0. The van der Waals surface area contributed by atoms with Crippen molar-refractivity contribution in [3.05, 3.63) is 34.6 Å². The van der Waals surface area contributed by atoms with Crippen LogP contribution in [0, 0.1) is 5.82 Å². The molecule has 0 aliphatic rings. The molecule has 1 aromatic carbocycles. The van der Waals surface area contributed by atoms with Gasteiger partial charge in [-0.3, -0.25) is 4.79 Å². The second-order valence-corrected chi connectivity index (χ2v) is 2.99. The maximum atomic E-state index is 12.6. The highest BCUT2D eigenvalue weighted by atomic mass is 35.5. The molecule has 13 heavy (non-hydrogen) atoms. The predicted molar refractivity (Wildman–Crippen MR) is 49.4 cm³/mol. The van der Waals surface area contributed by atoms with E-state index in [-0.39, 0.29) is 23.8 Å². The summed E-state index contributed by atoms with van der Waals surface area (Å²) in [5.41, 5.74) is 5.54. The topological polar surface area (TPSA) is 43.1 Å². The average Bonchev–Trinajstić information content (AvgIpc) is 2.04. The minimum atomic E-state index is -0.450. The molecule has 0 unspecified atom stereocenters. The van der Waals surface area contributed by atoms with Gasteiger partial charge in [0.05, 0.1) is 5.02 Å². The number of nitrogens with two attached hydrogens (primary N) is 1. The average molecular weight is 202 g/mol. The largest absolute Gasteiger partial charge is 0.330 e. The first-order valence-electron chi connectivity index (χ1n) is 3.83. The molecule has 0 bridgehead atoms. The Morgan fingerprint density at radius 2 is 2.23 bits per heavy atom. The molecule has 0 spiro atoms. The molecule has 0 radical (unpaired) electrons. The molecule has 0 fully saturated rings. The van der Waals surface area contributed by atoms with Gasteiger partial charge in [0.25, 0.3) is 0 Å². The predicted octanol–water partition coefficient (Wildman–Crippen LogP) is 2.01. The Morgan fingerprint density at radius 3 is 2.77 bits per heavy atom. The molecule has 0 atom stereocenters. The highest BCUT2D eigenvalue weighted by Gasteiger charge is 2.09. The maximum absolute atomic E-state index is 12.6. The number of hydrogen-bond acceptors (Lipinski definition) is 2. The number of benzene rings is 1. The van der Waals surface area contributed by atoms with Crippen LogP contribution in [-0.2, 0) is 0 Å². The number of Topliss-reactive ketones (excluding diaryl/α,β-unsaturated/α-hetero) is 1. The molecule has 1 aromatic rings. The minimum absolute atomic E-state index is 0.137. The zero-order valence-corrected chi connectivity index (χ0v) is 7.64. The van der Waals surface area contributed by atoms with Crippen molar-refractivity contribution in [2.24, 2.45) is 5.73 Å². The van der Waals surface area contributed by atoms with Crippen LogP contribution < -0.4 is 5.73 Å². The van der Waals surface area contributed by atoms with E-state index in [1.54, 1.807) is 0 Å². The Kier molecular flexibility index (Phi) is 3.39. The summed E-state index contributed by atoms with van der Waals surface area (Å²) in [6.07, 6.45) is 0.228. The van der Waals surface area contributed by atoms with Crippen LogP contribution in [0.25, 0.3) is 0 Å². The lowest BCUT2D eigenvalue weighted by Gasteiger charge is -2.01. The van der Waals surface area contributed by atoms with Gasteiger partial charge < -0.3 is 5.73 Å². The molecular formula is C9H9ClFNO. The Hall–Kier alpha value is -0.930. The van der Waals surface area contributed by atoms with Crippen molar-refractivity contribution in [3.63, 3.8) is 0 Å². The Morgan fingerprint density at radius 1 is 1.54 bits per heavy atom. The normalized spacial score (nSPS) is 10.1. The molecule has 4 heteroatoms. The third-order valence-corrected chi connectivity index (χ3v) is 1.92. The maximum Gasteiger partial charge on any atom is 0.165 e. The van der Waals surface area contributed by atoms with Gasteiger partial charge in [-0.15, -0.1) is 0 Å². The Bertz CT molecular complexity index is 327. The van der Waals surface area contributed by atoms with Crippen LogP contribution in [0.15, 0.2) is 18.2 Å². The highest BCUT2D eigenvalue weighted by Crippen LogP contribution is 2.18. The van der Waals surface area contributed by atoms with E-state index in [9.17, 15) is 9.18 Å². The number of carbonyl (C=O) groups excluding carboxylic acids is 1. The van der Waals surface area contributed by atoms with Crippen LogP contribution in [0.1, 0.15) is 16.8 Å². The molecular weight excluding hydrogens is 193 g/mol. The van der Waals surface area contributed by atoms with Crippen LogP contribution in [0.5, 0.6) is 0 Å². The third kappa shape index (κ3) is 2.50. The molecule has 1 rings (SSSR count). The number of rotatable bonds is 3. The van der Waals surface area contributed by atoms with E-state index in [4.69, 9.17) is 17.3 Å². The van der Waals surface area contributed by atoms with Gasteiger partial charge in [0.1, 0.15) is 5.82 Å². The van der Waals surface area contributed by atoms with Crippen LogP contribution in [-0.4, -0.2) is 12.3 Å².